The number of benzene rings is 5. The molecule has 0 aliphatic carbocycles. The van der Waals surface area contributed by atoms with E-state index in [-0.39, 0.29) is 0 Å². The third-order valence-electron chi connectivity index (χ3n) is 9.37. The Labute approximate surface area is 276 Å². The zero-order valence-electron chi connectivity index (χ0n) is 25.8. The van der Waals surface area contributed by atoms with Gasteiger partial charge in [-0.2, -0.15) is 0 Å². The van der Waals surface area contributed by atoms with Crippen molar-refractivity contribution in [3.05, 3.63) is 164 Å². The first-order valence-corrected chi connectivity index (χ1v) is 16.1. The fourth-order valence-corrected chi connectivity index (χ4v) is 7.43. The molecule has 0 atom stereocenters. The summed E-state index contributed by atoms with van der Waals surface area (Å²) < 4.78 is 4.90. The van der Waals surface area contributed by atoms with Crippen LogP contribution in [0.2, 0.25) is 0 Å². The Kier molecular flexibility index (Phi) is 5.81. The third kappa shape index (κ3) is 3.88. The first-order chi connectivity index (χ1) is 23.8. The molecule has 0 bridgehead atoms. The topological polar surface area (TPSA) is 48.5 Å². The molecule has 0 N–H and O–H groups in total. The Bertz CT molecular complexity index is 2760. The van der Waals surface area contributed by atoms with E-state index in [1.807, 2.05) is 48.8 Å². The maximum Gasteiger partial charge on any atom is 0.0915 e. The molecular weight excluding hydrogens is 587 g/mol. The van der Waals surface area contributed by atoms with E-state index in [0.717, 1.165) is 45.2 Å². The molecule has 0 spiro atoms. The molecule has 0 fully saturated rings. The lowest BCUT2D eigenvalue weighted by atomic mass is 9.97. The van der Waals surface area contributed by atoms with Crippen molar-refractivity contribution in [1.29, 1.82) is 0 Å². The highest BCUT2D eigenvalue weighted by Gasteiger charge is 2.26. The highest BCUT2D eigenvalue weighted by Crippen LogP contribution is 2.46. The van der Waals surface area contributed by atoms with Crippen LogP contribution in [0, 0.1) is 0 Å². The molecule has 5 heteroatoms. The summed E-state index contributed by atoms with van der Waals surface area (Å²) in [5.41, 5.74) is 9.98. The fraction of sp³-hybridized carbons (Fsp3) is 0. The van der Waals surface area contributed by atoms with Crippen LogP contribution in [0.1, 0.15) is 0 Å². The number of aromatic nitrogens is 5. The molecule has 0 aliphatic rings. The Hall–Kier alpha value is -6.59. The van der Waals surface area contributed by atoms with Crippen LogP contribution >= 0.6 is 0 Å². The van der Waals surface area contributed by atoms with Crippen LogP contribution in [0.4, 0.5) is 0 Å². The molecule has 0 amide bonds. The highest BCUT2D eigenvalue weighted by atomic mass is 15.1. The van der Waals surface area contributed by atoms with E-state index < -0.39 is 0 Å². The van der Waals surface area contributed by atoms with Crippen molar-refractivity contribution in [2.45, 2.75) is 0 Å². The molecule has 224 valence electrons. The molecule has 10 rings (SSSR count). The summed E-state index contributed by atoms with van der Waals surface area (Å²) in [6, 6.07) is 53.3. The third-order valence-corrected chi connectivity index (χ3v) is 9.37. The SMILES string of the molecule is c1ccc(-n2c3c4ccccc4c4ccccc4c3c3c2c2ccccc2n3-c2cc(-c3ccccn3)nc(-c3ccccn3)c2)cc1. The lowest BCUT2D eigenvalue weighted by Crippen LogP contribution is -1.99. The first kappa shape index (κ1) is 26.6. The van der Waals surface area contributed by atoms with Crippen molar-refractivity contribution in [3.8, 4) is 34.2 Å². The first-order valence-electron chi connectivity index (χ1n) is 16.1. The molecule has 5 nitrogen and oxygen atoms in total. The van der Waals surface area contributed by atoms with Crippen LogP contribution < -0.4 is 0 Å². The molecule has 48 heavy (non-hydrogen) atoms. The van der Waals surface area contributed by atoms with Gasteiger partial charge in [0.05, 0.1) is 50.5 Å². The largest absolute Gasteiger partial charge is 0.307 e. The quantitative estimate of drug-likeness (QED) is 0.186. The van der Waals surface area contributed by atoms with Gasteiger partial charge < -0.3 is 9.13 Å². The average molecular weight is 614 g/mol. The van der Waals surface area contributed by atoms with E-state index in [9.17, 15) is 0 Å². The summed E-state index contributed by atoms with van der Waals surface area (Å²) in [7, 11) is 0. The minimum Gasteiger partial charge on any atom is -0.307 e. The molecule has 0 unspecified atom stereocenters. The van der Waals surface area contributed by atoms with Crippen molar-refractivity contribution in [2.24, 2.45) is 0 Å². The van der Waals surface area contributed by atoms with Crippen molar-refractivity contribution in [1.82, 2.24) is 24.1 Å². The van der Waals surface area contributed by atoms with Crippen LogP contribution in [0.25, 0.3) is 88.5 Å². The summed E-state index contributed by atoms with van der Waals surface area (Å²) in [5.74, 6) is 0. The Morgan fingerprint density at radius 2 is 0.896 bits per heavy atom. The Balaban J connectivity index is 1.46. The van der Waals surface area contributed by atoms with Crippen LogP contribution in [0.5, 0.6) is 0 Å². The van der Waals surface area contributed by atoms with Gasteiger partial charge >= 0.3 is 0 Å². The van der Waals surface area contributed by atoms with Gasteiger partial charge in [0.2, 0.25) is 0 Å². The summed E-state index contributed by atoms with van der Waals surface area (Å²) in [5, 5.41) is 7.32. The van der Waals surface area contributed by atoms with Crippen LogP contribution in [-0.2, 0) is 0 Å². The fourth-order valence-electron chi connectivity index (χ4n) is 7.43. The van der Waals surface area contributed by atoms with Gasteiger partial charge in [0.15, 0.2) is 0 Å². The summed E-state index contributed by atoms with van der Waals surface area (Å²) in [6.45, 7) is 0. The van der Waals surface area contributed by atoms with E-state index in [1.54, 1.807) is 0 Å². The second-order valence-corrected chi connectivity index (χ2v) is 12.1. The van der Waals surface area contributed by atoms with E-state index in [0.29, 0.717) is 0 Å². The summed E-state index contributed by atoms with van der Waals surface area (Å²) in [6.07, 6.45) is 3.64. The average Bonchev–Trinajstić information content (AvgIpc) is 3.69. The Morgan fingerprint density at radius 1 is 0.354 bits per heavy atom. The summed E-state index contributed by atoms with van der Waals surface area (Å²) >= 11 is 0. The zero-order chi connectivity index (χ0) is 31.6. The maximum atomic E-state index is 5.11. The predicted octanol–water partition coefficient (Wildman–Crippen LogP) is 10.6. The van der Waals surface area contributed by atoms with E-state index in [1.165, 1.54) is 43.4 Å². The van der Waals surface area contributed by atoms with E-state index in [2.05, 4.69) is 124 Å². The second-order valence-electron chi connectivity index (χ2n) is 12.1. The molecule has 5 aromatic heterocycles. The molecule has 0 radical (unpaired) electrons. The van der Waals surface area contributed by atoms with Gasteiger partial charge in [-0.05, 0) is 70.8 Å². The van der Waals surface area contributed by atoms with E-state index in [4.69, 9.17) is 15.0 Å². The molecule has 0 saturated carbocycles. The Morgan fingerprint density at radius 3 is 1.54 bits per heavy atom. The highest BCUT2D eigenvalue weighted by molar-refractivity contribution is 6.34. The smallest absolute Gasteiger partial charge is 0.0915 e. The van der Waals surface area contributed by atoms with Gasteiger partial charge in [0.25, 0.3) is 0 Å². The van der Waals surface area contributed by atoms with Crippen molar-refractivity contribution < 1.29 is 0 Å². The van der Waals surface area contributed by atoms with Crippen LogP contribution in [0.3, 0.4) is 0 Å². The minimum atomic E-state index is 0.793. The molecule has 0 saturated heterocycles. The van der Waals surface area contributed by atoms with Crippen molar-refractivity contribution in [2.75, 3.05) is 0 Å². The monoisotopic (exact) mass is 613 g/mol. The maximum absolute atomic E-state index is 5.11. The molecular formula is C43H27N5. The predicted molar refractivity (Wildman–Crippen MR) is 197 cm³/mol. The van der Waals surface area contributed by atoms with Gasteiger partial charge in [-0.1, -0.05) is 97.1 Å². The number of hydrogen-bond acceptors (Lipinski definition) is 3. The van der Waals surface area contributed by atoms with Crippen LogP contribution in [-0.4, -0.2) is 24.1 Å². The lowest BCUT2D eigenvalue weighted by Gasteiger charge is -2.14. The summed E-state index contributed by atoms with van der Waals surface area (Å²) in [4.78, 5) is 14.5. The standard InChI is InChI=1S/C43H27N5/c1-2-14-28(15-3-1)48-41-33-19-7-5-17-31(33)30-16-4-6-18-32(30)40(41)43-42(48)34-20-8-9-23-39(34)47(43)29-26-37(35-21-10-12-24-44-35)46-38(27-29)36-22-11-13-25-45-36/h1-27H. The number of nitrogens with zero attached hydrogens (tertiary/aromatic N) is 5. The number of fused-ring (bicyclic) bond motifs is 10. The normalized spacial score (nSPS) is 11.8. The van der Waals surface area contributed by atoms with Gasteiger partial charge in [-0.15, -0.1) is 0 Å². The number of hydrogen-bond donors (Lipinski definition) is 0. The lowest BCUT2D eigenvalue weighted by molar-refractivity contribution is 1.14. The van der Waals surface area contributed by atoms with Crippen molar-refractivity contribution >= 4 is 54.4 Å². The number of rotatable bonds is 4. The molecule has 5 heterocycles. The number of pyridine rings is 3. The van der Waals surface area contributed by atoms with Gasteiger partial charge in [-0.3, -0.25) is 9.97 Å². The van der Waals surface area contributed by atoms with Gasteiger partial charge in [0, 0.05) is 34.2 Å². The van der Waals surface area contributed by atoms with Gasteiger partial charge in [0.1, 0.15) is 0 Å². The number of para-hydroxylation sites is 2. The van der Waals surface area contributed by atoms with Crippen LogP contribution in [0.15, 0.2) is 164 Å². The second kappa shape index (κ2) is 10.5. The van der Waals surface area contributed by atoms with Crippen molar-refractivity contribution in [3.63, 3.8) is 0 Å². The van der Waals surface area contributed by atoms with E-state index >= 15 is 0 Å². The molecule has 0 aliphatic heterocycles. The zero-order valence-corrected chi connectivity index (χ0v) is 25.8. The molecule has 10 aromatic rings. The molecule has 5 aromatic carbocycles. The minimum absolute atomic E-state index is 0.793. The van der Waals surface area contributed by atoms with Gasteiger partial charge in [-0.25, -0.2) is 4.98 Å².